The molecule has 0 bridgehead atoms. The van der Waals surface area contributed by atoms with Crippen molar-refractivity contribution in [2.45, 2.75) is 17.9 Å². The smallest absolute Gasteiger partial charge is 0.272 e. The molecule has 1 atom stereocenters. The Morgan fingerprint density at radius 1 is 1.26 bits per heavy atom. The number of benzene rings is 2. The second-order valence-corrected chi connectivity index (χ2v) is 7.99. The van der Waals surface area contributed by atoms with E-state index < -0.39 is 26.8 Å². The number of rotatable bonds is 4. The van der Waals surface area contributed by atoms with E-state index in [-0.39, 0.29) is 35.1 Å². The van der Waals surface area contributed by atoms with Gasteiger partial charge in [0, 0.05) is 31.3 Å². The topological polar surface area (TPSA) is 92.6 Å². The Morgan fingerprint density at radius 3 is 2.63 bits per heavy atom. The van der Waals surface area contributed by atoms with Crippen LogP contribution in [0.5, 0.6) is 0 Å². The molecule has 0 aliphatic carbocycles. The Hall–Kier alpha value is -2.07. The maximum atomic E-state index is 13.6. The van der Waals surface area contributed by atoms with Crippen LogP contribution in [0.4, 0.5) is 10.1 Å². The summed E-state index contributed by atoms with van der Waals surface area (Å²) in [6.07, 6.45) is 0. The average molecular weight is 416 g/mol. The van der Waals surface area contributed by atoms with Crippen LogP contribution in [0.2, 0.25) is 0 Å². The fourth-order valence-electron chi connectivity index (χ4n) is 3.10. The van der Waals surface area contributed by atoms with Crippen LogP contribution in [-0.2, 0) is 10.0 Å². The molecule has 0 saturated carbocycles. The van der Waals surface area contributed by atoms with Gasteiger partial charge in [-0.3, -0.25) is 10.1 Å². The van der Waals surface area contributed by atoms with Gasteiger partial charge in [0.05, 0.1) is 15.9 Å². The zero-order valence-corrected chi connectivity index (χ0v) is 16.1. The first-order valence-corrected chi connectivity index (χ1v) is 9.48. The molecule has 1 saturated heterocycles. The van der Waals surface area contributed by atoms with Crippen molar-refractivity contribution in [3.8, 4) is 0 Å². The Balaban J connectivity index is 0.00000261. The van der Waals surface area contributed by atoms with Crippen molar-refractivity contribution in [2.24, 2.45) is 0 Å². The second kappa shape index (κ2) is 8.30. The monoisotopic (exact) mass is 415 g/mol. The predicted molar refractivity (Wildman–Crippen MR) is 101 cm³/mol. The van der Waals surface area contributed by atoms with Gasteiger partial charge in [-0.25, -0.2) is 12.8 Å². The molecule has 146 valence electrons. The predicted octanol–water partition coefficient (Wildman–Crippen LogP) is 2.80. The molecule has 10 heteroatoms. The summed E-state index contributed by atoms with van der Waals surface area (Å²) >= 11 is 0. The lowest BCUT2D eigenvalue weighted by Crippen LogP contribution is -2.48. The van der Waals surface area contributed by atoms with Crippen molar-refractivity contribution in [3.05, 3.63) is 69.5 Å². The van der Waals surface area contributed by atoms with Gasteiger partial charge in [-0.15, -0.1) is 12.4 Å². The van der Waals surface area contributed by atoms with Gasteiger partial charge in [-0.2, -0.15) is 4.31 Å². The van der Waals surface area contributed by atoms with Gasteiger partial charge >= 0.3 is 0 Å². The van der Waals surface area contributed by atoms with E-state index in [9.17, 15) is 22.9 Å². The lowest BCUT2D eigenvalue weighted by Gasteiger charge is -2.35. The van der Waals surface area contributed by atoms with Gasteiger partial charge in [0.1, 0.15) is 5.82 Å². The molecule has 2 aromatic rings. The molecule has 7 nitrogen and oxygen atoms in total. The lowest BCUT2D eigenvalue weighted by atomic mass is 10.1. The van der Waals surface area contributed by atoms with Gasteiger partial charge in [0.2, 0.25) is 10.0 Å². The normalized spacial score (nSPS) is 17.9. The largest absolute Gasteiger partial charge is 0.313 e. The summed E-state index contributed by atoms with van der Waals surface area (Å²) in [4.78, 5) is 10.4. The number of hydrogen-bond acceptors (Lipinski definition) is 5. The molecule has 2 aromatic carbocycles. The van der Waals surface area contributed by atoms with Crippen molar-refractivity contribution in [3.63, 3.8) is 0 Å². The minimum absolute atomic E-state index is 0. The highest BCUT2D eigenvalue weighted by atomic mass is 35.5. The van der Waals surface area contributed by atoms with E-state index in [2.05, 4.69) is 5.32 Å². The van der Waals surface area contributed by atoms with E-state index in [1.807, 2.05) is 0 Å². The molecule has 1 N–H and O–H groups in total. The molecule has 0 amide bonds. The number of piperazine rings is 1. The Labute approximate surface area is 162 Å². The minimum atomic E-state index is -3.89. The summed E-state index contributed by atoms with van der Waals surface area (Å²) in [5.74, 6) is -0.434. The summed E-state index contributed by atoms with van der Waals surface area (Å²) in [5, 5.41) is 14.1. The molecule has 0 radical (unpaired) electrons. The summed E-state index contributed by atoms with van der Waals surface area (Å²) in [6, 6.07) is 9.04. The third-order valence-electron chi connectivity index (χ3n) is 4.40. The summed E-state index contributed by atoms with van der Waals surface area (Å²) < 4.78 is 41.2. The fourth-order valence-corrected chi connectivity index (χ4v) is 4.80. The third-order valence-corrected chi connectivity index (χ3v) is 6.30. The minimum Gasteiger partial charge on any atom is -0.313 e. The van der Waals surface area contributed by atoms with Gasteiger partial charge in [0.15, 0.2) is 0 Å². The van der Waals surface area contributed by atoms with Gasteiger partial charge in [-0.05, 0) is 36.8 Å². The van der Waals surface area contributed by atoms with Gasteiger partial charge in [0.25, 0.3) is 5.69 Å². The average Bonchev–Trinajstić information content (AvgIpc) is 2.61. The van der Waals surface area contributed by atoms with Crippen LogP contribution in [-0.4, -0.2) is 37.3 Å². The van der Waals surface area contributed by atoms with Crippen LogP contribution >= 0.6 is 12.4 Å². The highest BCUT2D eigenvalue weighted by molar-refractivity contribution is 7.89. The quantitative estimate of drug-likeness (QED) is 0.612. The number of nitro benzene ring substituents is 1. The molecule has 1 aliphatic rings. The third kappa shape index (κ3) is 4.27. The molecule has 0 aromatic heterocycles. The maximum absolute atomic E-state index is 13.6. The first kappa shape index (κ1) is 21.2. The standard InChI is InChI=1S/C17H18FN3O4S.ClH/c1-12-9-15(5-6-16(12)21(22)23)26(24,25)20-8-7-19-11-17(20)13-3-2-4-14(18)10-13;/h2-6,9-10,17,19H,7-8,11H2,1H3;1H. The maximum Gasteiger partial charge on any atom is 0.272 e. The Bertz CT molecular complexity index is 955. The Morgan fingerprint density at radius 2 is 2.00 bits per heavy atom. The summed E-state index contributed by atoms with van der Waals surface area (Å²) in [7, 11) is -3.89. The van der Waals surface area contributed by atoms with E-state index in [0.29, 0.717) is 18.7 Å². The van der Waals surface area contributed by atoms with E-state index in [1.165, 1.54) is 41.6 Å². The van der Waals surface area contributed by atoms with Crippen molar-refractivity contribution < 1.29 is 17.7 Å². The molecular formula is C17H19ClFN3O4S. The van der Waals surface area contributed by atoms with Crippen LogP contribution in [0.1, 0.15) is 17.2 Å². The summed E-state index contributed by atoms with van der Waals surface area (Å²) in [5.41, 5.74) is 0.693. The summed E-state index contributed by atoms with van der Waals surface area (Å²) in [6.45, 7) is 2.55. The van der Waals surface area contributed by atoms with Gasteiger partial charge < -0.3 is 5.32 Å². The zero-order valence-electron chi connectivity index (χ0n) is 14.5. The first-order valence-electron chi connectivity index (χ1n) is 8.04. The van der Waals surface area contributed by atoms with Crippen LogP contribution in [0, 0.1) is 22.9 Å². The molecule has 1 aliphatic heterocycles. The number of halogens is 2. The highest BCUT2D eigenvalue weighted by Gasteiger charge is 2.35. The van der Waals surface area contributed by atoms with E-state index in [0.717, 1.165) is 0 Å². The molecule has 27 heavy (non-hydrogen) atoms. The number of sulfonamides is 1. The van der Waals surface area contributed by atoms with Crippen LogP contribution in [0.3, 0.4) is 0 Å². The molecule has 1 heterocycles. The highest BCUT2D eigenvalue weighted by Crippen LogP contribution is 2.31. The van der Waals surface area contributed by atoms with Crippen LogP contribution in [0.25, 0.3) is 0 Å². The number of nitrogens with zero attached hydrogens (tertiary/aromatic N) is 2. The van der Waals surface area contributed by atoms with Crippen LogP contribution in [0.15, 0.2) is 47.4 Å². The number of nitro groups is 1. The first-order chi connectivity index (χ1) is 12.3. The Kier molecular flexibility index (Phi) is 6.53. The fraction of sp³-hybridized carbons (Fsp3) is 0.294. The molecule has 3 rings (SSSR count). The molecule has 1 unspecified atom stereocenters. The van der Waals surface area contributed by atoms with E-state index in [4.69, 9.17) is 0 Å². The van der Waals surface area contributed by atoms with Crippen LogP contribution < -0.4 is 5.32 Å². The van der Waals surface area contributed by atoms with E-state index >= 15 is 0 Å². The lowest BCUT2D eigenvalue weighted by molar-refractivity contribution is -0.385. The number of aryl methyl sites for hydroxylation is 1. The number of hydrogen-bond donors (Lipinski definition) is 1. The van der Waals surface area contributed by atoms with Crippen molar-refractivity contribution in [1.29, 1.82) is 0 Å². The van der Waals surface area contributed by atoms with Gasteiger partial charge in [-0.1, -0.05) is 12.1 Å². The molecule has 1 fully saturated rings. The second-order valence-electron chi connectivity index (χ2n) is 6.10. The number of nitrogens with one attached hydrogen (secondary N) is 1. The van der Waals surface area contributed by atoms with Crippen molar-refractivity contribution in [2.75, 3.05) is 19.6 Å². The zero-order chi connectivity index (χ0) is 18.9. The van der Waals surface area contributed by atoms with E-state index in [1.54, 1.807) is 12.1 Å². The SMILES string of the molecule is Cc1cc(S(=O)(=O)N2CCNCC2c2cccc(F)c2)ccc1[N+](=O)[O-].Cl. The van der Waals surface area contributed by atoms with Crippen molar-refractivity contribution >= 4 is 28.1 Å². The molecular weight excluding hydrogens is 397 g/mol. The van der Waals surface area contributed by atoms with Crippen molar-refractivity contribution in [1.82, 2.24) is 9.62 Å². The molecule has 0 spiro atoms.